The van der Waals surface area contributed by atoms with Crippen molar-refractivity contribution in [2.75, 3.05) is 55.6 Å². The molecular formula is C31H37ClF3N5. The molecule has 214 valence electrons. The molecule has 2 aromatic carbocycles. The number of aryl methyl sites for hydroxylation is 1. The van der Waals surface area contributed by atoms with E-state index in [1.807, 2.05) is 18.2 Å². The van der Waals surface area contributed by atoms with E-state index in [0.717, 1.165) is 61.9 Å². The van der Waals surface area contributed by atoms with Crippen molar-refractivity contribution in [3.63, 3.8) is 0 Å². The van der Waals surface area contributed by atoms with Crippen LogP contribution in [0.4, 0.5) is 24.5 Å². The maximum Gasteiger partial charge on any atom is 0.433 e. The average Bonchev–Trinajstić information content (AvgIpc) is 3.33. The molecule has 5 nitrogen and oxygen atoms in total. The average molecular weight is 572 g/mol. The molecule has 3 heterocycles. The molecule has 0 radical (unpaired) electrons. The van der Waals surface area contributed by atoms with Gasteiger partial charge in [-0.25, -0.2) is 0 Å². The summed E-state index contributed by atoms with van der Waals surface area (Å²) in [6.07, 6.45) is 2.50. The van der Waals surface area contributed by atoms with Gasteiger partial charge in [-0.1, -0.05) is 36.2 Å². The van der Waals surface area contributed by atoms with Gasteiger partial charge in [-0.15, -0.1) is 0 Å². The normalized spacial score (nSPS) is 21.1. The summed E-state index contributed by atoms with van der Waals surface area (Å²) in [5, 5.41) is 4.76. The summed E-state index contributed by atoms with van der Waals surface area (Å²) in [4.78, 5) is 7.24. The number of anilines is 2. The number of alkyl halides is 3. The van der Waals surface area contributed by atoms with E-state index < -0.39 is 11.9 Å². The third-order valence-electron chi connectivity index (χ3n) is 8.95. The second-order valence-electron chi connectivity index (χ2n) is 11.7. The molecule has 0 bridgehead atoms. The van der Waals surface area contributed by atoms with Crippen LogP contribution in [0.15, 0.2) is 48.7 Å². The molecule has 1 atom stereocenters. The molecule has 2 saturated heterocycles. The van der Waals surface area contributed by atoms with E-state index in [4.69, 9.17) is 11.6 Å². The lowest BCUT2D eigenvalue weighted by Gasteiger charge is -2.39. The predicted molar refractivity (Wildman–Crippen MR) is 155 cm³/mol. The fraction of sp³-hybridized carbons (Fsp3) is 0.516. The first kappa shape index (κ1) is 27.5. The van der Waals surface area contributed by atoms with Crippen LogP contribution in [0.2, 0.25) is 5.02 Å². The molecule has 3 aromatic rings. The van der Waals surface area contributed by atoms with Crippen molar-refractivity contribution in [3.05, 3.63) is 64.9 Å². The Morgan fingerprint density at radius 1 is 0.900 bits per heavy atom. The van der Waals surface area contributed by atoms with E-state index in [2.05, 4.69) is 44.1 Å². The lowest BCUT2D eigenvalue weighted by molar-refractivity contribution is -0.145. The first-order valence-electron chi connectivity index (χ1n) is 14.5. The van der Waals surface area contributed by atoms with Crippen molar-refractivity contribution in [2.24, 2.45) is 5.92 Å². The Morgan fingerprint density at radius 3 is 2.33 bits per heavy atom. The van der Waals surface area contributed by atoms with E-state index in [-0.39, 0.29) is 11.6 Å². The van der Waals surface area contributed by atoms with Gasteiger partial charge in [0.05, 0.1) is 12.2 Å². The molecule has 0 N–H and O–H groups in total. The molecule has 3 fully saturated rings. The van der Waals surface area contributed by atoms with Crippen LogP contribution in [0.5, 0.6) is 0 Å². The minimum absolute atomic E-state index is 0.160. The molecule has 1 unspecified atom stereocenters. The Balaban J connectivity index is 1.19. The molecule has 0 amide bonds. The molecule has 1 saturated carbocycles. The number of nitrogens with zero attached hydrogens (tertiary/aromatic N) is 5. The van der Waals surface area contributed by atoms with Gasteiger partial charge in [0.25, 0.3) is 0 Å². The number of piperazine rings is 1. The quantitative estimate of drug-likeness (QED) is 0.310. The number of hydrogen-bond acceptors (Lipinski definition) is 4. The molecule has 3 aliphatic rings. The van der Waals surface area contributed by atoms with E-state index in [1.165, 1.54) is 49.3 Å². The SMILES string of the molecule is Cc1cnn(C2CCCN(c3cc(Cl)ccc3-c3ccc(N4CCN(CC5CCC5)CC4)cc3)C2)c1C(F)(F)F. The highest BCUT2D eigenvalue weighted by molar-refractivity contribution is 6.31. The van der Waals surface area contributed by atoms with Gasteiger partial charge in [-0.3, -0.25) is 9.58 Å². The van der Waals surface area contributed by atoms with Crippen LogP contribution in [0.3, 0.4) is 0 Å². The standard InChI is InChI=1S/C31H37ClF3N5/c1-22-19-36-40(30(22)31(33,34)35)27-6-3-13-39(21-27)29-18-25(32)9-12-28(29)24-7-10-26(11-8-24)38-16-14-37(15-17-38)20-23-4-2-5-23/h7-12,18-19,23,27H,2-6,13-17,20-21H2,1H3. The molecule has 6 rings (SSSR count). The van der Waals surface area contributed by atoms with Crippen LogP contribution in [-0.4, -0.2) is 60.5 Å². The van der Waals surface area contributed by atoms with Gasteiger partial charge in [-0.05, 0) is 73.9 Å². The van der Waals surface area contributed by atoms with Crippen LogP contribution in [0.1, 0.15) is 49.4 Å². The molecule has 40 heavy (non-hydrogen) atoms. The smallest absolute Gasteiger partial charge is 0.369 e. The van der Waals surface area contributed by atoms with Crippen LogP contribution in [0.25, 0.3) is 11.1 Å². The molecule has 1 aliphatic carbocycles. The van der Waals surface area contributed by atoms with E-state index >= 15 is 0 Å². The fourth-order valence-electron chi connectivity index (χ4n) is 6.54. The molecule has 0 spiro atoms. The third-order valence-corrected chi connectivity index (χ3v) is 9.18. The van der Waals surface area contributed by atoms with Crippen LogP contribution >= 0.6 is 11.6 Å². The van der Waals surface area contributed by atoms with Crippen molar-refractivity contribution < 1.29 is 13.2 Å². The van der Waals surface area contributed by atoms with Gasteiger partial charge < -0.3 is 9.80 Å². The van der Waals surface area contributed by atoms with Crippen LogP contribution < -0.4 is 9.80 Å². The number of halogens is 4. The number of aromatic nitrogens is 2. The number of rotatable bonds is 6. The Hall–Kier alpha value is -2.71. The first-order valence-corrected chi connectivity index (χ1v) is 14.9. The molecule has 9 heteroatoms. The van der Waals surface area contributed by atoms with Gasteiger partial charge >= 0.3 is 6.18 Å². The number of hydrogen-bond donors (Lipinski definition) is 0. The van der Waals surface area contributed by atoms with Crippen molar-refractivity contribution in [2.45, 2.75) is 51.2 Å². The predicted octanol–water partition coefficient (Wildman–Crippen LogP) is 7.29. The maximum atomic E-state index is 13.8. The van der Waals surface area contributed by atoms with E-state index in [9.17, 15) is 13.2 Å². The van der Waals surface area contributed by atoms with Crippen molar-refractivity contribution >= 4 is 23.0 Å². The summed E-state index contributed by atoms with van der Waals surface area (Å²) >= 11 is 6.44. The summed E-state index contributed by atoms with van der Waals surface area (Å²) in [7, 11) is 0. The summed E-state index contributed by atoms with van der Waals surface area (Å²) in [5.41, 5.74) is 3.81. The summed E-state index contributed by atoms with van der Waals surface area (Å²) in [5.74, 6) is 0.907. The molecule has 1 aromatic heterocycles. The van der Waals surface area contributed by atoms with Gasteiger partial charge in [0.1, 0.15) is 5.69 Å². The Kier molecular flexibility index (Phi) is 7.75. The highest BCUT2D eigenvalue weighted by Gasteiger charge is 2.39. The first-order chi connectivity index (χ1) is 19.3. The van der Waals surface area contributed by atoms with Gasteiger partial charge in [-0.2, -0.15) is 18.3 Å². The zero-order valence-corrected chi connectivity index (χ0v) is 23.8. The van der Waals surface area contributed by atoms with Gasteiger partial charge in [0.15, 0.2) is 0 Å². The summed E-state index contributed by atoms with van der Waals surface area (Å²) in [6.45, 7) is 8.24. The molecular weight excluding hydrogens is 535 g/mol. The third kappa shape index (κ3) is 5.70. The lowest BCUT2D eigenvalue weighted by Crippen LogP contribution is -2.48. The van der Waals surface area contributed by atoms with Gasteiger partial charge in [0.2, 0.25) is 0 Å². The van der Waals surface area contributed by atoms with Crippen LogP contribution in [-0.2, 0) is 6.18 Å². The zero-order chi connectivity index (χ0) is 27.9. The molecule has 2 aliphatic heterocycles. The highest BCUT2D eigenvalue weighted by Crippen LogP contribution is 2.39. The second kappa shape index (κ2) is 11.3. The zero-order valence-electron chi connectivity index (χ0n) is 23.0. The van der Waals surface area contributed by atoms with Crippen molar-refractivity contribution in [1.82, 2.24) is 14.7 Å². The monoisotopic (exact) mass is 571 g/mol. The Bertz CT molecular complexity index is 1310. The van der Waals surface area contributed by atoms with E-state index in [1.54, 1.807) is 0 Å². The minimum atomic E-state index is -4.44. The van der Waals surface area contributed by atoms with E-state index in [0.29, 0.717) is 18.0 Å². The second-order valence-corrected chi connectivity index (χ2v) is 12.1. The minimum Gasteiger partial charge on any atom is -0.369 e. The van der Waals surface area contributed by atoms with Crippen molar-refractivity contribution in [3.8, 4) is 11.1 Å². The topological polar surface area (TPSA) is 27.5 Å². The largest absolute Gasteiger partial charge is 0.433 e. The van der Waals surface area contributed by atoms with Gasteiger partial charge in [0, 0.05) is 67.8 Å². The number of piperidine rings is 1. The van der Waals surface area contributed by atoms with Crippen LogP contribution in [0, 0.1) is 12.8 Å². The lowest BCUT2D eigenvalue weighted by atomic mass is 9.85. The Morgan fingerprint density at radius 2 is 1.65 bits per heavy atom. The number of benzene rings is 2. The Labute approximate surface area is 239 Å². The maximum absolute atomic E-state index is 13.8. The summed E-state index contributed by atoms with van der Waals surface area (Å²) in [6, 6.07) is 14.2. The highest BCUT2D eigenvalue weighted by atomic mass is 35.5. The van der Waals surface area contributed by atoms with Crippen molar-refractivity contribution in [1.29, 1.82) is 0 Å². The summed E-state index contributed by atoms with van der Waals surface area (Å²) < 4.78 is 42.6. The fourth-order valence-corrected chi connectivity index (χ4v) is 6.71.